The average molecular weight is 265 g/mol. The quantitative estimate of drug-likeness (QED) is 0.771. The molecule has 0 unspecified atom stereocenters. The second kappa shape index (κ2) is 7.56. The van der Waals surface area contributed by atoms with Crippen LogP contribution in [-0.4, -0.2) is 43.6 Å². The molecule has 1 rings (SSSR count). The van der Waals surface area contributed by atoms with Crippen molar-refractivity contribution in [3.63, 3.8) is 0 Å². The first-order chi connectivity index (χ1) is 9.13. The van der Waals surface area contributed by atoms with Crippen LogP contribution in [0.3, 0.4) is 0 Å². The van der Waals surface area contributed by atoms with Gasteiger partial charge in [-0.1, -0.05) is 13.3 Å². The molecule has 2 N–H and O–H groups in total. The first kappa shape index (κ1) is 15.2. The lowest BCUT2D eigenvalue weighted by Crippen LogP contribution is -2.27. The highest BCUT2D eigenvalue weighted by atomic mass is 16.1. The predicted octanol–water partition coefficient (Wildman–Crippen LogP) is 1.04. The molecule has 0 spiro atoms. The molecule has 1 heterocycles. The van der Waals surface area contributed by atoms with Crippen LogP contribution in [0.4, 0.5) is 11.6 Å². The van der Waals surface area contributed by atoms with Gasteiger partial charge in [0.25, 0.3) is 0 Å². The maximum Gasteiger partial charge on any atom is 0.221 e. The summed E-state index contributed by atoms with van der Waals surface area (Å²) in [5.74, 6) is 1.79. The van der Waals surface area contributed by atoms with Gasteiger partial charge in [0.2, 0.25) is 5.91 Å². The summed E-state index contributed by atoms with van der Waals surface area (Å²) in [6.07, 6.45) is 3.95. The molecule has 6 nitrogen and oxygen atoms in total. The van der Waals surface area contributed by atoms with Gasteiger partial charge in [-0.25, -0.2) is 9.97 Å². The van der Waals surface area contributed by atoms with E-state index < -0.39 is 0 Å². The normalized spacial score (nSPS) is 10.1. The molecule has 0 aromatic carbocycles. The number of anilines is 2. The number of carbonyl (C=O) groups is 1. The molecule has 106 valence electrons. The predicted molar refractivity (Wildman–Crippen MR) is 77.5 cm³/mol. The van der Waals surface area contributed by atoms with Crippen molar-refractivity contribution in [2.45, 2.75) is 26.2 Å². The fraction of sp³-hybridized carbons (Fsp3) is 0.615. The Morgan fingerprint density at radius 3 is 2.68 bits per heavy atom. The van der Waals surface area contributed by atoms with Crippen LogP contribution in [0.15, 0.2) is 6.33 Å². The van der Waals surface area contributed by atoms with E-state index in [-0.39, 0.29) is 5.91 Å². The molecule has 0 radical (unpaired) electrons. The topological polar surface area (TPSA) is 70.2 Å². The SMILES string of the molecule is CCCc1c(NC)ncnc1N(C)CCC(=O)NC. The summed E-state index contributed by atoms with van der Waals surface area (Å²) in [5.41, 5.74) is 1.10. The van der Waals surface area contributed by atoms with Crippen molar-refractivity contribution in [2.24, 2.45) is 0 Å². The Hall–Kier alpha value is -1.85. The maximum atomic E-state index is 11.3. The number of nitrogens with zero attached hydrogens (tertiary/aromatic N) is 3. The van der Waals surface area contributed by atoms with Crippen molar-refractivity contribution in [3.8, 4) is 0 Å². The van der Waals surface area contributed by atoms with Gasteiger partial charge in [0.1, 0.15) is 18.0 Å². The molecular weight excluding hydrogens is 242 g/mol. The van der Waals surface area contributed by atoms with Gasteiger partial charge in [-0.05, 0) is 6.42 Å². The molecule has 1 aromatic rings. The second-order valence-corrected chi connectivity index (χ2v) is 4.37. The molecule has 0 aliphatic carbocycles. The number of nitrogens with one attached hydrogen (secondary N) is 2. The summed E-state index contributed by atoms with van der Waals surface area (Å²) in [6.45, 7) is 2.76. The minimum atomic E-state index is 0.0341. The highest BCUT2D eigenvalue weighted by Crippen LogP contribution is 2.23. The average Bonchev–Trinajstić information content (AvgIpc) is 2.44. The van der Waals surface area contributed by atoms with E-state index in [2.05, 4.69) is 27.5 Å². The van der Waals surface area contributed by atoms with Gasteiger partial charge >= 0.3 is 0 Å². The zero-order valence-electron chi connectivity index (χ0n) is 12.2. The number of rotatable bonds is 7. The van der Waals surface area contributed by atoms with Crippen LogP contribution < -0.4 is 15.5 Å². The minimum absolute atomic E-state index is 0.0341. The lowest BCUT2D eigenvalue weighted by atomic mass is 10.1. The first-order valence-corrected chi connectivity index (χ1v) is 6.57. The zero-order valence-corrected chi connectivity index (χ0v) is 12.2. The van der Waals surface area contributed by atoms with Crippen LogP contribution in [0.5, 0.6) is 0 Å². The lowest BCUT2D eigenvalue weighted by molar-refractivity contribution is -0.120. The molecular formula is C13H23N5O. The molecule has 0 bridgehead atoms. The van der Waals surface area contributed by atoms with E-state index >= 15 is 0 Å². The van der Waals surface area contributed by atoms with Crippen LogP contribution >= 0.6 is 0 Å². The van der Waals surface area contributed by atoms with Gasteiger partial charge in [0.15, 0.2) is 0 Å². The Balaban J connectivity index is 2.88. The van der Waals surface area contributed by atoms with E-state index in [1.807, 2.05) is 19.0 Å². The number of amides is 1. The molecule has 0 saturated carbocycles. The number of carbonyl (C=O) groups excluding carboxylic acids is 1. The molecule has 0 fully saturated rings. The largest absolute Gasteiger partial charge is 0.373 e. The highest BCUT2D eigenvalue weighted by molar-refractivity contribution is 5.76. The molecule has 0 aliphatic heterocycles. The van der Waals surface area contributed by atoms with Crippen molar-refractivity contribution in [3.05, 3.63) is 11.9 Å². The van der Waals surface area contributed by atoms with Crippen molar-refractivity contribution in [1.29, 1.82) is 0 Å². The maximum absolute atomic E-state index is 11.3. The van der Waals surface area contributed by atoms with Gasteiger partial charge in [-0.2, -0.15) is 0 Å². The first-order valence-electron chi connectivity index (χ1n) is 6.57. The van der Waals surface area contributed by atoms with Crippen LogP contribution in [0.25, 0.3) is 0 Å². The van der Waals surface area contributed by atoms with Crippen molar-refractivity contribution in [1.82, 2.24) is 15.3 Å². The minimum Gasteiger partial charge on any atom is -0.373 e. The van der Waals surface area contributed by atoms with Crippen LogP contribution in [-0.2, 0) is 11.2 Å². The Bertz CT molecular complexity index is 421. The molecule has 19 heavy (non-hydrogen) atoms. The fourth-order valence-electron chi connectivity index (χ4n) is 1.93. The molecule has 6 heteroatoms. The van der Waals surface area contributed by atoms with Gasteiger partial charge in [0, 0.05) is 39.7 Å². The monoisotopic (exact) mass is 265 g/mol. The van der Waals surface area contributed by atoms with Crippen molar-refractivity contribution in [2.75, 3.05) is 37.9 Å². The Kier molecular flexibility index (Phi) is 6.05. The summed E-state index contributed by atoms with van der Waals surface area (Å²) < 4.78 is 0. The van der Waals surface area contributed by atoms with Gasteiger partial charge in [0.05, 0.1) is 0 Å². The van der Waals surface area contributed by atoms with Gasteiger partial charge in [-0.15, -0.1) is 0 Å². The highest BCUT2D eigenvalue weighted by Gasteiger charge is 2.14. The van der Waals surface area contributed by atoms with Crippen molar-refractivity contribution < 1.29 is 4.79 Å². The molecule has 1 aromatic heterocycles. The summed E-state index contributed by atoms with van der Waals surface area (Å²) >= 11 is 0. The van der Waals surface area contributed by atoms with Crippen LogP contribution in [0.1, 0.15) is 25.3 Å². The molecule has 0 aliphatic rings. The molecule has 0 atom stereocenters. The summed E-state index contributed by atoms with van der Waals surface area (Å²) in [5, 5.41) is 5.72. The molecule has 0 saturated heterocycles. The Labute approximate surface area is 114 Å². The zero-order chi connectivity index (χ0) is 14.3. The van der Waals surface area contributed by atoms with E-state index in [0.29, 0.717) is 13.0 Å². The van der Waals surface area contributed by atoms with E-state index in [1.165, 1.54) is 0 Å². The number of hydrogen-bond donors (Lipinski definition) is 2. The molecule has 1 amide bonds. The smallest absolute Gasteiger partial charge is 0.221 e. The standard InChI is InChI=1S/C13H23N5O/c1-5-6-10-12(15-3)16-9-17-13(10)18(4)8-7-11(19)14-2/h9H,5-8H2,1-4H3,(H,14,19)(H,15,16,17). The number of aromatic nitrogens is 2. The summed E-state index contributed by atoms with van der Waals surface area (Å²) in [4.78, 5) is 21.9. The third-order valence-corrected chi connectivity index (χ3v) is 2.97. The second-order valence-electron chi connectivity index (χ2n) is 4.37. The van der Waals surface area contributed by atoms with E-state index in [9.17, 15) is 4.79 Å². The third-order valence-electron chi connectivity index (χ3n) is 2.97. The van der Waals surface area contributed by atoms with E-state index in [0.717, 1.165) is 30.0 Å². The van der Waals surface area contributed by atoms with E-state index in [4.69, 9.17) is 0 Å². The summed E-state index contributed by atoms with van der Waals surface area (Å²) in [7, 11) is 5.45. The van der Waals surface area contributed by atoms with Gasteiger partial charge < -0.3 is 15.5 Å². The van der Waals surface area contributed by atoms with Crippen LogP contribution in [0, 0.1) is 0 Å². The summed E-state index contributed by atoms with van der Waals surface area (Å²) in [6, 6.07) is 0. The lowest BCUT2D eigenvalue weighted by Gasteiger charge is -2.22. The van der Waals surface area contributed by atoms with Crippen LogP contribution in [0.2, 0.25) is 0 Å². The van der Waals surface area contributed by atoms with E-state index in [1.54, 1.807) is 13.4 Å². The van der Waals surface area contributed by atoms with Crippen molar-refractivity contribution >= 4 is 17.5 Å². The fourth-order valence-corrected chi connectivity index (χ4v) is 1.93. The third kappa shape index (κ3) is 4.08. The van der Waals surface area contributed by atoms with Gasteiger partial charge in [-0.3, -0.25) is 4.79 Å². The number of hydrogen-bond acceptors (Lipinski definition) is 5. The Morgan fingerprint density at radius 1 is 1.37 bits per heavy atom. The Morgan fingerprint density at radius 2 is 2.11 bits per heavy atom.